The topological polar surface area (TPSA) is 74.8 Å². The van der Waals surface area contributed by atoms with E-state index in [9.17, 15) is 4.79 Å². The molecular formula is C21H28N4O2. The van der Waals surface area contributed by atoms with Gasteiger partial charge < -0.3 is 20.7 Å². The van der Waals surface area contributed by atoms with E-state index in [1.165, 1.54) is 6.92 Å². The van der Waals surface area contributed by atoms with Gasteiger partial charge >= 0.3 is 0 Å². The molecule has 0 spiro atoms. The number of benzene rings is 2. The van der Waals surface area contributed by atoms with Crippen molar-refractivity contribution in [1.82, 2.24) is 16.0 Å². The lowest BCUT2D eigenvalue weighted by molar-refractivity contribution is -0.118. The molecule has 144 valence electrons. The van der Waals surface area contributed by atoms with Crippen LogP contribution >= 0.6 is 0 Å². The van der Waals surface area contributed by atoms with Crippen LogP contribution in [0.25, 0.3) is 0 Å². The van der Waals surface area contributed by atoms with Gasteiger partial charge in [0.1, 0.15) is 11.5 Å². The van der Waals surface area contributed by atoms with E-state index in [4.69, 9.17) is 4.74 Å². The predicted molar refractivity (Wildman–Crippen MR) is 109 cm³/mol. The lowest BCUT2D eigenvalue weighted by Crippen LogP contribution is -2.41. The van der Waals surface area contributed by atoms with Gasteiger partial charge in [0.05, 0.1) is 6.54 Å². The SMILES string of the molecule is CCNC(=NCc1ccc(C)cc1Oc1ccccc1)NCCNC(C)=O. The summed E-state index contributed by atoms with van der Waals surface area (Å²) in [5.41, 5.74) is 2.14. The average molecular weight is 368 g/mol. The van der Waals surface area contributed by atoms with Crippen LogP contribution < -0.4 is 20.7 Å². The van der Waals surface area contributed by atoms with E-state index in [2.05, 4.69) is 27.0 Å². The molecule has 0 saturated heterocycles. The minimum atomic E-state index is -0.0407. The fraction of sp³-hybridized carbons (Fsp3) is 0.333. The minimum Gasteiger partial charge on any atom is -0.457 e. The first-order valence-corrected chi connectivity index (χ1v) is 9.17. The summed E-state index contributed by atoms with van der Waals surface area (Å²) >= 11 is 0. The first-order chi connectivity index (χ1) is 13.1. The van der Waals surface area contributed by atoms with Crippen molar-refractivity contribution in [2.45, 2.75) is 27.3 Å². The standard InChI is InChI=1S/C21H28N4O2/c1-4-22-21(24-13-12-23-17(3)26)25-15-18-11-10-16(2)14-20(18)27-19-8-6-5-7-9-19/h5-11,14H,4,12-13,15H2,1-3H3,(H,23,26)(H2,22,24,25). The molecule has 0 aliphatic carbocycles. The molecule has 1 amide bonds. The van der Waals surface area contributed by atoms with Crippen LogP contribution in [0.1, 0.15) is 25.0 Å². The minimum absolute atomic E-state index is 0.0407. The van der Waals surface area contributed by atoms with E-state index in [-0.39, 0.29) is 5.91 Å². The Hall–Kier alpha value is -3.02. The van der Waals surface area contributed by atoms with E-state index in [1.807, 2.05) is 56.3 Å². The number of nitrogens with one attached hydrogen (secondary N) is 3. The third-order valence-corrected chi connectivity index (χ3v) is 3.74. The number of guanidine groups is 1. The molecule has 2 aromatic carbocycles. The lowest BCUT2D eigenvalue weighted by atomic mass is 10.1. The third kappa shape index (κ3) is 7.40. The van der Waals surface area contributed by atoms with Gasteiger partial charge in [0.15, 0.2) is 5.96 Å². The Labute approximate surface area is 161 Å². The monoisotopic (exact) mass is 368 g/mol. The molecule has 0 atom stereocenters. The molecule has 0 bridgehead atoms. The molecule has 0 heterocycles. The highest BCUT2D eigenvalue weighted by Gasteiger charge is 2.06. The Morgan fingerprint density at radius 2 is 1.78 bits per heavy atom. The molecule has 0 aromatic heterocycles. The molecular weight excluding hydrogens is 340 g/mol. The maximum absolute atomic E-state index is 10.9. The van der Waals surface area contributed by atoms with Crippen LogP contribution in [0.2, 0.25) is 0 Å². The molecule has 2 rings (SSSR count). The smallest absolute Gasteiger partial charge is 0.216 e. The highest BCUT2D eigenvalue weighted by molar-refractivity contribution is 5.80. The Balaban J connectivity index is 2.06. The van der Waals surface area contributed by atoms with Crippen molar-refractivity contribution in [1.29, 1.82) is 0 Å². The number of hydrogen-bond acceptors (Lipinski definition) is 3. The number of carbonyl (C=O) groups excluding carboxylic acids is 1. The molecule has 2 aromatic rings. The number of aryl methyl sites for hydroxylation is 1. The zero-order valence-corrected chi connectivity index (χ0v) is 16.2. The molecule has 0 saturated carbocycles. The van der Waals surface area contributed by atoms with E-state index >= 15 is 0 Å². The van der Waals surface area contributed by atoms with E-state index in [0.717, 1.165) is 29.2 Å². The van der Waals surface area contributed by atoms with Gasteiger partial charge in [-0.15, -0.1) is 0 Å². The van der Waals surface area contributed by atoms with Crippen molar-refractivity contribution in [3.63, 3.8) is 0 Å². The van der Waals surface area contributed by atoms with Crippen LogP contribution in [0.5, 0.6) is 11.5 Å². The molecule has 0 aliphatic heterocycles. The lowest BCUT2D eigenvalue weighted by Gasteiger charge is -2.13. The van der Waals surface area contributed by atoms with E-state index < -0.39 is 0 Å². The maximum Gasteiger partial charge on any atom is 0.216 e. The van der Waals surface area contributed by atoms with Crippen LogP contribution in [0.15, 0.2) is 53.5 Å². The van der Waals surface area contributed by atoms with Crippen molar-refractivity contribution < 1.29 is 9.53 Å². The number of nitrogens with zero attached hydrogens (tertiary/aromatic N) is 1. The summed E-state index contributed by atoms with van der Waals surface area (Å²) in [7, 11) is 0. The first kappa shape index (κ1) is 20.3. The maximum atomic E-state index is 10.9. The van der Waals surface area contributed by atoms with Crippen LogP contribution in [0, 0.1) is 6.92 Å². The van der Waals surface area contributed by atoms with Crippen molar-refractivity contribution in [3.8, 4) is 11.5 Å². The van der Waals surface area contributed by atoms with E-state index in [0.29, 0.717) is 25.6 Å². The average Bonchev–Trinajstić information content (AvgIpc) is 2.65. The summed E-state index contributed by atoms with van der Waals surface area (Å²) in [4.78, 5) is 15.6. The molecule has 27 heavy (non-hydrogen) atoms. The summed E-state index contributed by atoms with van der Waals surface area (Å²) in [5.74, 6) is 2.27. The van der Waals surface area contributed by atoms with Crippen molar-refractivity contribution in [2.75, 3.05) is 19.6 Å². The molecule has 0 unspecified atom stereocenters. The van der Waals surface area contributed by atoms with Gasteiger partial charge in [0, 0.05) is 32.1 Å². The molecule has 6 heteroatoms. The molecule has 0 fully saturated rings. The molecule has 6 nitrogen and oxygen atoms in total. The Morgan fingerprint density at radius 3 is 2.48 bits per heavy atom. The van der Waals surface area contributed by atoms with Crippen LogP contribution in [0.4, 0.5) is 0 Å². The largest absolute Gasteiger partial charge is 0.457 e. The summed E-state index contributed by atoms with van der Waals surface area (Å²) < 4.78 is 6.05. The van der Waals surface area contributed by atoms with Gasteiger partial charge in [-0.05, 0) is 37.6 Å². The number of rotatable bonds is 8. The number of para-hydroxylation sites is 1. The van der Waals surface area contributed by atoms with Crippen LogP contribution in [-0.2, 0) is 11.3 Å². The fourth-order valence-corrected chi connectivity index (χ4v) is 2.43. The zero-order chi connectivity index (χ0) is 19.5. The Kier molecular flexibility index (Phi) is 8.16. The van der Waals surface area contributed by atoms with Gasteiger partial charge in [0.25, 0.3) is 0 Å². The highest BCUT2D eigenvalue weighted by Crippen LogP contribution is 2.27. The van der Waals surface area contributed by atoms with Gasteiger partial charge in [-0.2, -0.15) is 0 Å². The summed E-state index contributed by atoms with van der Waals surface area (Å²) in [5, 5.41) is 9.17. The molecule has 0 aliphatic rings. The third-order valence-electron chi connectivity index (χ3n) is 3.74. The van der Waals surface area contributed by atoms with Crippen molar-refractivity contribution >= 4 is 11.9 Å². The zero-order valence-electron chi connectivity index (χ0n) is 16.2. The summed E-state index contributed by atoms with van der Waals surface area (Å²) in [6, 6.07) is 15.8. The second-order valence-electron chi connectivity index (χ2n) is 6.13. The number of carbonyl (C=O) groups is 1. The highest BCUT2D eigenvalue weighted by atomic mass is 16.5. The number of amides is 1. The Morgan fingerprint density at radius 1 is 1.04 bits per heavy atom. The number of aliphatic imine (C=N–C) groups is 1. The number of ether oxygens (including phenoxy) is 1. The predicted octanol–water partition coefficient (Wildman–Crippen LogP) is 2.98. The first-order valence-electron chi connectivity index (χ1n) is 9.17. The molecule has 0 radical (unpaired) electrons. The van der Waals surface area contributed by atoms with Gasteiger partial charge in [-0.3, -0.25) is 4.79 Å². The molecule has 3 N–H and O–H groups in total. The second kappa shape index (κ2) is 10.9. The van der Waals surface area contributed by atoms with Gasteiger partial charge in [0.2, 0.25) is 5.91 Å². The normalized spacial score (nSPS) is 11.0. The van der Waals surface area contributed by atoms with Gasteiger partial charge in [-0.1, -0.05) is 30.3 Å². The number of hydrogen-bond donors (Lipinski definition) is 3. The summed E-state index contributed by atoms with van der Waals surface area (Å²) in [6.07, 6.45) is 0. The van der Waals surface area contributed by atoms with Crippen molar-refractivity contribution in [2.24, 2.45) is 4.99 Å². The Bertz CT molecular complexity index is 760. The van der Waals surface area contributed by atoms with Gasteiger partial charge in [-0.25, -0.2) is 4.99 Å². The van der Waals surface area contributed by atoms with Crippen molar-refractivity contribution in [3.05, 3.63) is 59.7 Å². The van der Waals surface area contributed by atoms with E-state index in [1.54, 1.807) is 0 Å². The second-order valence-corrected chi connectivity index (χ2v) is 6.13. The van der Waals surface area contributed by atoms with Crippen LogP contribution in [-0.4, -0.2) is 31.5 Å². The summed E-state index contributed by atoms with van der Waals surface area (Å²) in [6.45, 7) is 7.95. The van der Waals surface area contributed by atoms with Crippen LogP contribution in [0.3, 0.4) is 0 Å². The quantitative estimate of drug-likeness (QED) is 0.380. The fourth-order valence-electron chi connectivity index (χ4n) is 2.43.